The maximum atomic E-state index is 17.1. The first-order valence-corrected chi connectivity index (χ1v) is 24.2. The molecule has 0 spiro atoms. The number of aromatic hydroxyl groups is 3. The fourth-order valence-corrected chi connectivity index (χ4v) is 11.5. The van der Waals surface area contributed by atoms with Crippen LogP contribution in [0.25, 0.3) is 32.9 Å². The molecule has 4 fully saturated rings. The Kier molecular flexibility index (Phi) is 11.8. The van der Waals surface area contributed by atoms with E-state index in [0.29, 0.717) is 76.5 Å². The summed E-state index contributed by atoms with van der Waals surface area (Å²) in [7, 11) is 2.13. The highest BCUT2D eigenvalue weighted by Gasteiger charge is 2.37. The van der Waals surface area contributed by atoms with Gasteiger partial charge in [-0.2, -0.15) is 9.97 Å². The number of likely N-dealkylation sites (tertiary alicyclic amines) is 1. The van der Waals surface area contributed by atoms with Crippen LogP contribution in [-0.2, 0) is 19.6 Å². The van der Waals surface area contributed by atoms with Crippen LogP contribution in [0.3, 0.4) is 0 Å². The summed E-state index contributed by atoms with van der Waals surface area (Å²) in [5.74, 6) is 2.23. The summed E-state index contributed by atoms with van der Waals surface area (Å²) in [4.78, 5) is 39.4. The quantitative estimate of drug-likeness (QED) is 0.110. The molecule has 7 heterocycles. The minimum Gasteiger partial charge on any atom is -0.508 e. The Balaban J connectivity index is 0.752. The van der Waals surface area contributed by atoms with Crippen molar-refractivity contribution in [2.24, 2.45) is 0 Å². The van der Waals surface area contributed by atoms with Crippen molar-refractivity contribution in [1.29, 1.82) is 0 Å². The molecule has 69 heavy (non-hydrogen) atoms. The van der Waals surface area contributed by atoms with Gasteiger partial charge in [0.25, 0.3) is 5.91 Å². The van der Waals surface area contributed by atoms with Crippen LogP contribution >= 0.6 is 0 Å². The minimum atomic E-state index is -0.627. The number of fused-ring (bicyclic) bond motifs is 5. The molecule has 4 N–H and O–H groups in total. The Morgan fingerprint density at radius 2 is 1.72 bits per heavy atom. The molecule has 5 aliphatic rings. The summed E-state index contributed by atoms with van der Waals surface area (Å²) in [6.07, 6.45) is 10.6. The molecule has 4 aromatic carbocycles. The third kappa shape index (κ3) is 8.54. The summed E-state index contributed by atoms with van der Waals surface area (Å²) in [6.45, 7) is 12.2. The number of hydrogen-bond acceptors (Lipinski definition) is 13. The van der Waals surface area contributed by atoms with Crippen LogP contribution in [0.2, 0.25) is 0 Å². The molecule has 1 amide bonds. The first-order chi connectivity index (χ1) is 33.4. The van der Waals surface area contributed by atoms with Gasteiger partial charge in [-0.15, -0.1) is 6.42 Å². The van der Waals surface area contributed by atoms with Gasteiger partial charge in [-0.1, -0.05) is 50.1 Å². The molecule has 4 atom stereocenters. The van der Waals surface area contributed by atoms with E-state index >= 15 is 4.39 Å². The molecule has 2 aromatic heterocycles. The number of phenols is 3. The van der Waals surface area contributed by atoms with E-state index < -0.39 is 5.82 Å². The zero-order valence-corrected chi connectivity index (χ0v) is 39.3. The van der Waals surface area contributed by atoms with E-state index in [1.54, 1.807) is 29.3 Å². The van der Waals surface area contributed by atoms with Gasteiger partial charge in [0, 0.05) is 118 Å². The molecular weight excluding hydrogens is 874 g/mol. The van der Waals surface area contributed by atoms with Crippen molar-refractivity contribution < 1.29 is 29.2 Å². The third-order valence-corrected chi connectivity index (χ3v) is 15.2. The molecule has 6 aromatic rings. The van der Waals surface area contributed by atoms with Crippen LogP contribution in [-0.4, -0.2) is 139 Å². The van der Waals surface area contributed by atoms with Crippen molar-refractivity contribution in [2.45, 2.75) is 82.8 Å². The van der Waals surface area contributed by atoms with Crippen LogP contribution in [0.5, 0.6) is 23.3 Å². The molecule has 2 unspecified atom stereocenters. The third-order valence-electron chi connectivity index (χ3n) is 15.2. The number of ether oxygens (including phenoxy) is 1. The lowest BCUT2D eigenvalue weighted by Crippen LogP contribution is -2.51. The highest BCUT2D eigenvalue weighted by molar-refractivity contribution is 6.03. The van der Waals surface area contributed by atoms with E-state index in [0.717, 1.165) is 82.7 Å². The number of pyridine rings is 1. The van der Waals surface area contributed by atoms with E-state index in [-0.39, 0.29) is 57.9 Å². The van der Waals surface area contributed by atoms with E-state index in [2.05, 4.69) is 61.1 Å². The lowest BCUT2D eigenvalue weighted by atomic mass is 9.96. The van der Waals surface area contributed by atoms with Crippen LogP contribution in [0.15, 0.2) is 66.9 Å². The average Bonchev–Trinajstić information content (AvgIpc) is 4.05. The van der Waals surface area contributed by atoms with Crippen LogP contribution in [0.1, 0.15) is 77.2 Å². The Labute approximate surface area is 401 Å². The lowest BCUT2D eigenvalue weighted by molar-refractivity contribution is 0.0748. The predicted octanol–water partition coefficient (Wildman–Crippen LogP) is 6.57. The number of rotatable bonds is 10. The Morgan fingerprint density at radius 1 is 0.942 bits per heavy atom. The number of benzene rings is 4. The van der Waals surface area contributed by atoms with Crippen LogP contribution in [0, 0.1) is 18.2 Å². The highest BCUT2D eigenvalue weighted by atomic mass is 19.1. The number of piperazine rings is 2. The number of hydrogen-bond donors (Lipinski definition) is 4. The number of nitrogens with one attached hydrogen (secondary N) is 1. The largest absolute Gasteiger partial charge is 0.508 e. The molecule has 4 saturated heterocycles. The number of carbonyl (C=O) groups is 1. The molecule has 5 aliphatic heterocycles. The average molecular weight is 932 g/mol. The molecule has 356 valence electrons. The zero-order valence-electron chi connectivity index (χ0n) is 39.3. The SMILES string of the molecule is C#Cc1cccc2cc(O)cc(-c3ncc4c(N5CC6CCC(C5)N6)nc(OC[C@@H]5C[C@H](N6CCN(Cc7ccc8c(c7)CN(C(=O)c7cc(C(C)C)c(O)cc7O)C8)CC6)CN5C)nc4c3F)c12. The lowest BCUT2D eigenvalue weighted by Gasteiger charge is -2.38. The summed E-state index contributed by atoms with van der Waals surface area (Å²) in [5, 5.41) is 37.1. The number of halogens is 1. The van der Waals surface area contributed by atoms with E-state index in [1.165, 1.54) is 17.7 Å². The van der Waals surface area contributed by atoms with Crippen molar-refractivity contribution >= 4 is 33.4 Å². The molecule has 0 radical (unpaired) electrons. The van der Waals surface area contributed by atoms with E-state index in [9.17, 15) is 20.1 Å². The highest BCUT2D eigenvalue weighted by Crippen LogP contribution is 2.40. The fourth-order valence-electron chi connectivity index (χ4n) is 11.5. The smallest absolute Gasteiger partial charge is 0.319 e. The summed E-state index contributed by atoms with van der Waals surface area (Å²) in [5.41, 5.74) is 5.42. The Morgan fingerprint density at radius 3 is 2.49 bits per heavy atom. The second-order valence-corrected chi connectivity index (χ2v) is 20.1. The minimum absolute atomic E-state index is 0.00465. The number of amides is 1. The Bertz CT molecular complexity index is 3030. The molecule has 14 nitrogen and oxygen atoms in total. The molecule has 0 saturated carbocycles. The van der Waals surface area contributed by atoms with Gasteiger partial charge < -0.3 is 35.2 Å². The second kappa shape index (κ2) is 18.1. The van der Waals surface area contributed by atoms with Crippen molar-refractivity contribution in [2.75, 3.05) is 64.4 Å². The number of terminal acetylenes is 1. The van der Waals surface area contributed by atoms with Crippen LogP contribution < -0.4 is 15.0 Å². The van der Waals surface area contributed by atoms with Gasteiger partial charge in [0.2, 0.25) is 0 Å². The van der Waals surface area contributed by atoms with Gasteiger partial charge >= 0.3 is 6.01 Å². The fraction of sp³-hybridized carbons (Fsp3) is 0.407. The van der Waals surface area contributed by atoms with Crippen molar-refractivity contribution in [1.82, 2.24) is 39.9 Å². The normalized spacial score (nSPS) is 22.0. The molecule has 0 aliphatic carbocycles. The number of likely N-dealkylation sites (N-methyl/N-ethyl adjacent to an activating group) is 1. The predicted molar refractivity (Wildman–Crippen MR) is 263 cm³/mol. The van der Waals surface area contributed by atoms with E-state index in [4.69, 9.17) is 21.1 Å². The van der Waals surface area contributed by atoms with Gasteiger partial charge in [0.15, 0.2) is 5.82 Å². The first-order valence-electron chi connectivity index (χ1n) is 24.2. The zero-order chi connectivity index (χ0) is 47.7. The van der Waals surface area contributed by atoms with Crippen molar-refractivity contribution in [3.8, 4) is 46.9 Å². The van der Waals surface area contributed by atoms with Gasteiger partial charge in [0.1, 0.15) is 40.9 Å². The van der Waals surface area contributed by atoms with Gasteiger partial charge in [0.05, 0.1) is 10.9 Å². The molecular formula is C54H58FN9O5. The monoisotopic (exact) mass is 931 g/mol. The van der Waals surface area contributed by atoms with Gasteiger partial charge in [-0.05, 0) is 84.1 Å². The molecule has 15 heteroatoms. The second-order valence-electron chi connectivity index (χ2n) is 20.1. The number of nitrogens with zero attached hydrogens (tertiary/aromatic N) is 8. The number of aromatic nitrogens is 3. The molecule has 2 bridgehead atoms. The van der Waals surface area contributed by atoms with Crippen molar-refractivity contribution in [3.05, 3.63) is 106 Å². The van der Waals surface area contributed by atoms with Crippen LogP contribution in [0.4, 0.5) is 10.2 Å². The maximum absolute atomic E-state index is 17.1. The van der Waals surface area contributed by atoms with Gasteiger partial charge in [-0.3, -0.25) is 24.5 Å². The standard InChI is InChI=1S/C54H58FN9O5/c1-5-33-7-6-8-34-18-41(65)20-44(48(33)34)50-49(55)51-45(23-56-50)52(63-27-37-11-12-38(28-63)57-37)59-54(58-51)69-30-40-19-39(29-60(40)4)62-15-13-61(14-16-62)24-32-9-10-35-25-64(26-36(35)17-32)53(68)43-21-42(31(2)3)46(66)22-47(43)67/h1,6-10,17-18,20-23,31,37-40,57,65-67H,11-16,19,24-30H2,2-4H3/t37?,38?,39-,40-/m0/s1. The summed E-state index contributed by atoms with van der Waals surface area (Å²) < 4.78 is 23.6. The first kappa shape index (κ1) is 44.9. The van der Waals surface area contributed by atoms with Crippen molar-refractivity contribution in [3.63, 3.8) is 0 Å². The topological polar surface area (TPSA) is 154 Å². The maximum Gasteiger partial charge on any atom is 0.319 e. The van der Waals surface area contributed by atoms with E-state index in [1.807, 2.05) is 26.0 Å². The number of carbonyl (C=O) groups excluding carboxylic acids is 1. The Hall–Kier alpha value is -6.57. The van der Waals surface area contributed by atoms with Gasteiger partial charge in [-0.25, -0.2) is 4.39 Å². The summed E-state index contributed by atoms with van der Waals surface area (Å²) in [6, 6.07) is 19.2. The summed E-state index contributed by atoms with van der Waals surface area (Å²) >= 11 is 0. The number of anilines is 1. The molecule has 11 rings (SSSR count). The number of phenolic OH excluding ortho intramolecular Hbond substituents is 3.